The Morgan fingerprint density at radius 2 is 1.58 bits per heavy atom. The number of hydrogen-bond donors (Lipinski definition) is 2. The maximum atomic E-state index is 11.8. The molecule has 0 amide bonds. The van der Waals surface area contributed by atoms with Crippen LogP contribution in [0, 0.1) is 0 Å². The first kappa shape index (κ1) is 12.6. The van der Waals surface area contributed by atoms with Crippen molar-refractivity contribution < 1.29 is 24.5 Å². The van der Waals surface area contributed by atoms with E-state index in [1.807, 2.05) is 0 Å². The van der Waals surface area contributed by atoms with Crippen LogP contribution in [0.4, 0.5) is 0 Å². The van der Waals surface area contributed by atoms with Crippen LogP contribution in [0.1, 0.15) is 20.7 Å². The number of benzene rings is 2. The Kier molecular flexibility index (Phi) is 3.47. The minimum absolute atomic E-state index is 0.00785. The van der Waals surface area contributed by atoms with E-state index >= 15 is 0 Å². The van der Waals surface area contributed by atoms with Gasteiger partial charge in [-0.15, -0.1) is 0 Å². The van der Waals surface area contributed by atoms with Crippen LogP contribution in [0.15, 0.2) is 48.5 Å². The number of aromatic carboxylic acids is 1. The van der Waals surface area contributed by atoms with E-state index in [1.54, 1.807) is 6.07 Å². The van der Waals surface area contributed by atoms with Gasteiger partial charge >= 0.3 is 11.9 Å². The number of carbonyl (C=O) groups excluding carboxylic acids is 1. The summed E-state index contributed by atoms with van der Waals surface area (Å²) in [5.74, 6) is -1.48. The van der Waals surface area contributed by atoms with Crippen LogP contribution in [0.2, 0.25) is 0 Å². The molecule has 0 bridgehead atoms. The monoisotopic (exact) mass is 258 g/mol. The van der Waals surface area contributed by atoms with E-state index in [4.69, 9.17) is 9.84 Å². The highest BCUT2D eigenvalue weighted by Gasteiger charge is 2.10. The zero-order valence-electron chi connectivity index (χ0n) is 9.74. The molecule has 0 aliphatic carbocycles. The van der Waals surface area contributed by atoms with Gasteiger partial charge in [-0.25, -0.2) is 9.59 Å². The molecule has 2 rings (SSSR count). The highest BCUT2D eigenvalue weighted by atomic mass is 16.5. The van der Waals surface area contributed by atoms with E-state index in [9.17, 15) is 14.7 Å². The molecule has 19 heavy (non-hydrogen) atoms. The SMILES string of the molecule is O=C(O)c1ccc(C(=O)Oc2cccc(O)c2)cc1. The molecule has 0 spiro atoms. The lowest BCUT2D eigenvalue weighted by Crippen LogP contribution is -2.08. The van der Waals surface area contributed by atoms with Gasteiger partial charge in [0.15, 0.2) is 0 Å². The van der Waals surface area contributed by atoms with Crippen LogP contribution in [-0.2, 0) is 0 Å². The summed E-state index contributed by atoms with van der Waals surface area (Å²) in [6, 6.07) is 11.2. The molecule has 0 atom stereocenters. The molecule has 0 saturated heterocycles. The van der Waals surface area contributed by atoms with Crippen molar-refractivity contribution in [2.45, 2.75) is 0 Å². The predicted molar refractivity (Wildman–Crippen MR) is 66.5 cm³/mol. The third kappa shape index (κ3) is 3.10. The van der Waals surface area contributed by atoms with Gasteiger partial charge in [0.25, 0.3) is 0 Å². The fraction of sp³-hybridized carbons (Fsp3) is 0. The summed E-state index contributed by atoms with van der Waals surface area (Å²) in [5.41, 5.74) is 0.322. The maximum absolute atomic E-state index is 11.8. The topological polar surface area (TPSA) is 83.8 Å². The third-order valence-corrected chi connectivity index (χ3v) is 2.40. The number of ether oxygens (including phenoxy) is 1. The third-order valence-electron chi connectivity index (χ3n) is 2.40. The van der Waals surface area contributed by atoms with E-state index in [1.165, 1.54) is 42.5 Å². The average molecular weight is 258 g/mol. The Balaban J connectivity index is 2.14. The molecule has 5 nitrogen and oxygen atoms in total. The molecular weight excluding hydrogens is 248 g/mol. The number of carbonyl (C=O) groups is 2. The van der Waals surface area contributed by atoms with Gasteiger partial charge in [-0.1, -0.05) is 6.07 Å². The minimum atomic E-state index is -1.06. The molecule has 0 heterocycles. The summed E-state index contributed by atoms with van der Waals surface area (Å²) in [6.45, 7) is 0. The standard InChI is InChI=1S/C14H10O5/c15-11-2-1-3-12(8-11)19-14(18)10-6-4-9(5-7-10)13(16)17/h1-8,15H,(H,16,17). The minimum Gasteiger partial charge on any atom is -0.508 e. The molecule has 2 aromatic carbocycles. The van der Waals surface area contributed by atoms with Crippen LogP contribution in [-0.4, -0.2) is 22.2 Å². The summed E-state index contributed by atoms with van der Waals surface area (Å²) in [6.07, 6.45) is 0. The van der Waals surface area contributed by atoms with Gasteiger partial charge in [-0.3, -0.25) is 0 Å². The first-order valence-corrected chi connectivity index (χ1v) is 5.41. The molecule has 2 aromatic rings. The molecular formula is C14H10O5. The molecule has 0 radical (unpaired) electrons. The molecule has 0 unspecified atom stereocenters. The lowest BCUT2D eigenvalue weighted by molar-refractivity contribution is 0.0691. The van der Waals surface area contributed by atoms with Gasteiger partial charge in [-0.2, -0.15) is 0 Å². The zero-order chi connectivity index (χ0) is 13.8. The van der Waals surface area contributed by atoms with Crippen LogP contribution in [0.5, 0.6) is 11.5 Å². The van der Waals surface area contributed by atoms with Crippen molar-refractivity contribution in [2.24, 2.45) is 0 Å². The molecule has 2 N–H and O–H groups in total. The van der Waals surface area contributed by atoms with E-state index in [-0.39, 0.29) is 22.6 Å². The first-order chi connectivity index (χ1) is 9.06. The highest BCUT2D eigenvalue weighted by Crippen LogP contribution is 2.19. The maximum Gasteiger partial charge on any atom is 0.343 e. The lowest BCUT2D eigenvalue weighted by atomic mass is 10.1. The molecule has 0 aromatic heterocycles. The fourth-order valence-electron chi connectivity index (χ4n) is 1.46. The van der Waals surface area contributed by atoms with Crippen LogP contribution >= 0.6 is 0 Å². The fourth-order valence-corrected chi connectivity index (χ4v) is 1.46. The Morgan fingerprint density at radius 1 is 0.947 bits per heavy atom. The highest BCUT2D eigenvalue weighted by molar-refractivity contribution is 5.93. The molecule has 0 aliphatic heterocycles. The zero-order valence-corrected chi connectivity index (χ0v) is 9.74. The van der Waals surface area contributed by atoms with Gasteiger partial charge in [0.1, 0.15) is 11.5 Å². The van der Waals surface area contributed by atoms with Crippen LogP contribution < -0.4 is 4.74 Å². The lowest BCUT2D eigenvalue weighted by Gasteiger charge is -2.04. The molecule has 0 aliphatic rings. The number of rotatable bonds is 3. The molecule has 96 valence electrons. The Bertz CT molecular complexity index is 616. The van der Waals surface area contributed by atoms with Crippen molar-refractivity contribution in [3.8, 4) is 11.5 Å². The second-order valence-corrected chi connectivity index (χ2v) is 3.77. The number of hydrogen-bond acceptors (Lipinski definition) is 4. The molecule has 0 saturated carbocycles. The first-order valence-electron chi connectivity index (χ1n) is 5.41. The van der Waals surface area contributed by atoms with Gasteiger partial charge in [0.05, 0.1) is 11.1 Å². The second kappa shape index (κ2) is 5.22. The van der Waals surface area contributed by atoms with Crippen LogP contribution in [0.3, 0.4) is 0 Å². The quantitative estimate of drug-likeness (QED) is 0.652. The summed E-state index contributed by atoms with van der Waals surface area (Å²) in [7, 11) is 0. The van der Waals surface area contributed by atoms with Gasteiger partial charge < -0.3 is 14.9 Å². The van der Waals surface area contributed by atoms with E-state index < -0.39 is 11.9 Å². The van der Waals surface area contributed by atoms with Crippen molar-refractivity contribution in [2.75, 3.05) is 0 Å². The van der Waals surface area contributed by atoms with Crippen molar-refractivity contribution >= 4 is 11.9 Å². The summed E-state index contributed by atoms with van der Waals surface area (Å²) in [4.78, 5) is 22.4. The summed E-state index contributed by atoms with van der Waals surface area (Å²) < 4.78 is 5.04. The van der Waals surface area contributed by atoms with Gasteiger partial charge in [0.2, 0.25) is 0 Å². The van der Waals surface area contributed by atoms with Crippen molar-refractivity contribution in [1.82, 2.24) is 0 Å². The summed E-state index contributed by atoms with van der Waals surface area (Å²) in [5, 5.41) is 18.0. The van der Waals surface area contributed by atoms with Crippen molar-refractivity contribution in [1.29, 1.82) is 0 Å². The van der Waals surface area contributed by atoms with E-state index in [0.717, 1.165) is 0 Å². The number of phenols is 1. The predicted octanol–water partition coefficient (Wildman–Crippen LogP) is 2.31. The number of aromatic hydroxyl groups is 1. The van der Waals surface area contributed by atoms with E-state index in [2.05, 4.69) is 0 Å². The number of carboxylic acid groups (broad SMARTS) is 1. The Morgan fingerprint density at radius 3 is 2.16 bits per heavy atom. The number of phenolic OH excluding ortho intramolecular Hbond substituents is 1. The van der Waals surface area contributed by atoms with E-state index in [0.29, 0.717) is 0 Å². The van der Waals surface area contributed by atoms with Crippen LogP contribution in [0.25, 0.3) is 0 Å². The molecule has 0 fully saturated rings. The second-order valence-electron chi connectivity index (χ2n) is 3.77. The Hall–Kier alpha value is -2.82. The molecule has 5 heteroatoms. The number of carboxylic acids is 1. The largest absolute Gasteiger partial charge is 0.508 e. The van der Waals surface area contributed by atoms with Gasteiger partial charge in [0, 0.05) is 6.07 Å². The van der Waals surface area contributed by atoms with Gasteiger partial charge in [-0.05, 0) is 36.4 Å². The number of esters is 1. The normalized spacial score (nSPS) is 9.89. The Labute approximate surface area is 108 Å². The van der Waals surface area contributed by atoms with Crippen molar-refractivity contribution in [3.63, 3.8) is 0 Å². The summed E-state index contributed by atoms with van der Waals surface area (Å²) >= 11 is 0. The smallest absolute Gasteiger partial charge is 0.343 e. The van der Waals surface area contributed by atoms with Crippen molar-refractivity contribution in [3.05, 3.63) is 59.7 Å². The average Bonchev–Trinajstić information content (AvgIpc) is 2.39.